The Labute approximate surface area is 108 Å². The number of amidine groups is 1. The zero-order valence-corrected chi connectivity index (χ0v) is 10.6. The standard InChI is InChI=1S/C6H8N2O4.CH3NS2.H3N/c9-4(10)3-8-2-1-7-5(8)6(11)12;2-1(3)4;/h1-3H2,(H,9,10)(H,11,12);(H3,2,3,4);1H3. The maximum Gasteiger partial charge on any atom is 0.371 e. The highest BCUT2D eigenvalue weighted by Gasteiger charge is 2.24. The van der Waals surface area contributed by atoms with Crippen molar-refractivity contribution in [2.75, 3.05) is 19.6 Å². The highest BCUT2D eigenvalue weighted by Crippen LogP contribution is 2.00. The van der Waals surface area contributed by atoms with Crippen LogP contribution in [0.1, 0.15) is 0 Å². The number of hydrogen-bond acceptors (Lipinski definition) is 6. The average Bonchev–Trinajstić information content (AvgIpc) is 2.49. The lowest BCUT2D eigenvalue weighted by molar-refractivity contribution is -0.137. The van der Waals surface area contributed by atoms with Crippen molar-refractivity contribution in [3.63, 3.8) is 0 Å². The molecule has 0 aromatic carbocycles. The number of carboxylic acids is 2. The molecule has 0 bridgehead atoms. The van der Waals surface area contributed by atoms with Crippen LogP contribution in [0.4, 0.5) is 0 Å². The van der Waals surface area contributed by atoms with E-state index in [0.717, 1.165) is 0 Å². The predicted octanol–water partition coefficient (Wildman–Crippen LogP) is -0.808. The third kappa shape index (κ3) is 8.42. The summed E-state index contributed by atoms with van der Waals surface area (Å²) in [4.78, 5) is 25.5. The van der Waals surface area contributed by atoms with Gasteiger partial charge in [0, 0.05) is 6.54 Å². The first-order valence-electron chi connectivity index (χ1n) is 4.07. The van der Waals surface area contributed by atoms with Gasteiger partial charge in [-0.1, -0.05) is 12.2 Å². The fourth-order valence-electron chi connectivity index (χ4n) is 1.00. The largest absolute Gasteiger partial charge is 0.480 e. The van der Waals surface area contributed by atoms with Crippen LogP contribution in [0, 0.1) is 0 Å². The molecule has 1 aliphatic rings. The van der Waals surface area contributed by atoms with Crippen LogP contribution >= 0.6 is 24.8 Å². The predicted molar refractivity (Wildman–Crippen MR) is 69.9 cm³/mol. The molecule has 0 amide bonds. The third-order valence-corrected chi connectivity index (χ3v) is 1.45. The molecule has 0 fully saturated rings. The molecule has 0 spiro atoms. The van der Waals surface area contributed by atoms with Gasteiger partial charge in [-0.15, -0.1) is 12.6 Å². The second-order valence-electron chi connectivity index (χ2n) is 2.66. The summed E-state index contributed by atoms with van der Waals surface area (Å²) in [6, 6.07) is 0. The summed E-state index contributed by atoms with van der Waals surface area (Å²) >= 11 is 7.65. The second kappa shape index (κ2) is 8.73. The summed E-state index contributed by atoms with van der Waals surface area (Å²) in [5.74, 6) is -2.38. The molecule has 1 heterocycles. The smallest absolute Gasteiger partial charge is 0.371 e. The molecule has 1 aliphatic heterocycles. The normalized spacial score (nSPS) is 12.8. The molecular weight excluding hydrogens is 268 g/mol. The SMILES string of the molecule is N.NC(=S)S.O=C(O)CN1CCN=C1C(=O)O. The van der Waals surface area contributed by atoms with E-state index in [1.807, 2.05) is 0 Å². The summed E-state index contributed by atoms with van der Waals surface area (Å²) in [5, 5.41) is 16.9. The Balaban J connectivity index is 0. The first-order valence-corrected chi connectivity index (χ1v) is 4.93. The van der Waals surface area contributed by atoms with Crippen LogP contribution in [0.3, 0.4) is 0 Å². The number of nitrogens with two attached hydrogens (primary N) is 1. The maximum atomic E-state index is 10.4. The lowest BCUT2D eigenvalue weighted by Crippen LogP contribution is -2.37. The molecule has 7 N–H and O–H groups in total. The van der Waals surface area contributed by atoms with E-state index in [1.165, 1.54) is 4.90 Å². The van der Waals surface area contributed by atoms with Crippen molar-refractivity contribution in [2.24, 2.45) is 10.7 Å². The number of carbonyl (C=O) groups is 2. The van der Waals surface area contributed by atoms with Gasteiger partial charge in [0.25, 0.3) is 0 Å². The molecule has 98 valence electrons. The van der Waals surface area contributed by atoms with Gasteiger partial charge in [0.15, 0.2) is 0 Å². The van der Waals surface area contributed by atoms with E-state index in [-0.39, 0.29) is 22.9 Å². The van der Waals surface area contributed by atoms with Crippen molar-refractivity contribution in [3.8, 4) is 0 Å². The van der Waals surface area contributed by atoms with E-state index < -0.39 is 11.9 Å². The van der Waals surface area contributed by atoms with E-state index >= 15 is 0 Å². The summed E-state index contributed by atoms with van der Waals surface area (Å²) in [5.41, 5.74) is 4.71. The molecule has 0 saturated carbocycles. The van der Waals surface area contributed by atoms with Gasteiger partial charge in [0.05, 0.1) is 6.54 Å². The van der Waals surface area contributed by atoms with Crippen LogP contribution in [0.25, 0.3) is 0 Å². The van der Waals surface area contributed by atoms with Gasteiger partial charge in [-0.25, -0.2) is 4.79 Å². The molecular formula is C7H14N4O4S2. The second-order valence-corrected chi connectivity index (χ2v) is 3.89. The molecule has 0 radical (unpaired) electrons. The van der Waals surface area contributed by atoms with Crippen molar-refractivity contribution >= 4 is 46.9 Å². The highest BCUT2D eigenvalue weighted by molar-refractivity contribution is 8.10. The minimum atomic E-state index is -1.17. The van der Waals surface area contributed by atoms with Gasteiger partial charge in [-0.3, -0.25) is 9.79 Å². The Morgan fingerprint density at radius 1 is 1.53 bits per heavy atom. The van der Waals surface area contributed by atoms with Crippen LogP contribution in [-0.4, -0.2) is 56.8 Å². The quantitative estimate of drug-likeness (QED) is 0.333. The Morgan fingerprint density at radius 3 is 2.35 bits per heavy atom. The van der Waals surface area contributed by atoms with Gasteiger partial charge in [-0.05, 0) is 0 Å². The molecule has 8 nitrogen and oxygen atoms in total. The van der Waals surface area contributed by atoms with Crippen molar-refractivity contribution in [3.05, 3.63) is 0 Å². The molecule has 10 heteroatoms. The number of thiol groups is 1. The average molecular weight is 282 g/mol. The number of nitrogens with zero attached hydrogens (tertiary/aromatic N) is 2. The van der Waals surface area contributed by atoms with Gasteiger partial charge in [-0.2, -0.15) is 0 Å². The first kappa shape index (κ1) is 18.0. The number of hydrogen-bond donors (Lipinski definition) is 5. The summed E-state index contributed by atoms with van der Waals surface area (Å²) in [6.45, 7) is 0.425. The maximum absolute atomic E-state index is 10.4. The molecule has 0 saturated heterocycles. The lowest BCUT2D eigenvalue weighted by atomic mass is 10.4. The lowest BCUT2D eigenvalue weighted by Gasteiger charge is -2.13. The molecule has 1 rings (SSSR count). The van der Waals surface area contributed by atoms with Crippen molar-refractivity contribution in [1.29, 1.82) is 0 Å². The van der Waals surface area contributed by atoms with Gasteiger partial charge < -0.3 is 27.0 Å². The zero-order valence-electron chi connectivity index (χ0n) is 8.87. The van der Waals surface area contributed by atoms with Gasteiger partial charge in [0.2, 0.25) is 5.84 Å². The third-order valence-electron chi connectivity index (χ3n) is 1.45. The number of rotatable bonds is 3. The minimum Gasteiger partial charge on any atom is -0.480 e. The first-order chi connectivity index (χ1) is 7.34. The van der Waals surface area contributed by atoms with Crippen LogP contribution in [-0.2, 0) is 9.59 Å². The Hall–Kier alpha value is -1.39. The van der Waals surface area contributed by atoms with E-state index in [0.29, 0.717) is 13.1 Å². The minimum absolute atomic E-state index is 0. The number of aliphatic carboxylic acids is 2. The summed E-state index contributed by atoms with van der Waals surface area (Å²) < 4.78 is 0.194. The molecule has 0 unspecified atom stereocenters. The summed E-state index contributed by atoms with van der Waals surface area (Å²) in [6.07, 6.45) is 0. The molecule has 0 aromatic rings. The Kier molecular flexibility index (Phi) is 9.23. The summed E-state index contributed by atoms with van der Waals surface area (Å²) in [7, 11) is 0. The number of thiocarbonyl (C=S) groups is 1. The monoisotopic (exact) mass is 282 g/mol. The zero-order chi connectivity index (χ0) is 12.7. The topological polar surface area (TPSA) is 151 Å². The fraction of sp³-hybridized carbons (Fsp3) is 0.429. The van der Waals surface area contributed by atoms with Crippen molar-refractivity contribution in [1.82, 2.24) is 11.1 Å². The van der Waals surface area contributed by atoms with Crippen LogP contribution in [0.15, 0.2) is 4.99 Å². The molecule has 17 heavy (non-hydrogen) atoms. The molecule has 0 aromatic heterocycles. The van der Waals surface area contributed by atoms with E-state index in [1.54, 1.807) is 0 Å². The van der Waals surface area contributed by atoms with Crippen molar-refractivity contribution < 1.29 is 19.8 Å². The van der Waals surface area contributed by atoms with Crippen molar-refractivity contribution in [2.45, 2.75) is 0 Å². The van der Waals surface area contributed by atoms with Gasteiger partial charge in [0.1, 0.15) is 10.9 Å². The Bertz CT molecular complexity index is 330. The van der Waals surface area contributed by atoms with E-state index in [4.69, 9.17) is 15.9 Å². The highest BCUT2D eigenvalue weighted by atomic mass is 32.1. The van der Waals surface area contributed by atoms with E-state index in [2.05, 4.69) is 29.8 Å². The molecule has 0 atom stereocenters. The van der Waals surface area contributed by atoms with Crippen LogP contribution in [0.2, 0.25) is 0 Å². The fourth-order valence-corrected chi connectivity index (χ4v) is 1.00. The molecule has 0 aliphatic carbocycles. The van der Waals surface area contributed by atoms with Gasteiger partial charge >= 0.3 is 11.9 Å². The number of aliphatic imine (C=N–C) groups is 1. The van der Waals surface area contributed by atoms with Crippen LogP contribution in [0.5, 0.6) is 0 Å². The Morgan fingerprint density at radius 2 is 2.00 bits per heavy atom. The van der Waals surface area contributed by atoms with E-state index in [9.17, 15) is 9.59 Å². The number of carboxylic acid groups (broad SMARTS) is 2. The van der Waals surface area contributed by atoms with Crippen LogP contribution < -0.4 is 11.9 Å².